The molecule has 0 radical (unpaired) electrons. The Labute approximate surface area is 73.4 Å². The van der Waals surface area contributed by atoms with Gasteiger partial charge in [0.25, 0.3) is 0 Å². The molecule has 1 aliphatic carbocycles. The van der Waals surface area contributed by atoms with E-state index in [1.807, 2.05) is 0 Å². The summed E-state index contributed by atoms with van der Waals surface area (Å²) in [5, 5.41) is 8.58. The molecule has 3 heteroatoms. The molecule has 70 valence electrons. The predicted molar refractivity (Wildman–Crippen MR) is 47.2 cm³/mol. The molecule has 12 heavy (non-hydrogen) atoms. The Bertz CT molecular complexity index is 153. The van der Waals surface area contributed by atoms with Gasteiger partial charge in [0.2, 0.25) is 0 Å². The van der Waals surface area contributed by atoms with E-state index in [2.05, 4.69) is 0 Å². The van der Waals surface area contributed by atoms with Crippen LogP contribution in [0.1, 0.15) is 32.1 Å². The van der Waals surface area contributed by atoms with Crippen LogP contribution in [0.4, 0.5) is 4.79 Å². The van der Waals surface area contributed by atoms with Crippen LogP contribution in [0.15, 0.2) is 0 Å². The molecule has 1 aliphatic rings. The molecule has 1 rings (SSSR count). The summed E-state index contributed by atoms with van der Waals surface area (Å²) in [4.78, 5) is 11.8. The number of rotatable bonds is 3. The van der Waals surface area contributed by atoms with E-state index in [-0.39, 0.29) is 0 Å². The summed E-state index contributed by atoms with van der Waals surface area (Å²) in [6, 6.07) is 0. The monoisotopic (exact) mass is 171 g/mol. The van der Waals surface area contributed by atoms with Gasteiger partial charge < -0.3 is 10.0 Å². The van der Waals surface area contributed by atoms with Gasteiger partial charge in [-0.15, -0.1) is 0 Å². The molecular weight excluding hydrogens is 154 g/mol. The molecule has 1 saturated carbocycles. The summed E-state index contributed by atoms with van der Waals surface area (Å²) in [5.41, 5.74) is 0. The van der Waals surface area contributed by atoms with Crippen LogP contribution in [0.5, 0.6) is 0 Å². The molecule has 0 spiro atoms. The first kappa shape index (κ1) is 9.36. The highest BCUT2D eigenvalue weighted by Gasteiger charge is 2.16. The summed E-state index contributed by atoms with van der Waals surface area (Å²) >= 11 is 0. The summed E-state index contributed by atoms with van der Waals surface area (Å²) in [6.07, 6.45) is 5.50. The minimum absolute atomic E-state index is 0.694. The Morgan fingerprint density at radius 2 is 2.08 bits per heavy atom. The van der Waals surface area contributed by atoms with Gasteiger partial charge >= 0.3 is 6.09 Å². The third-order valence-electron chi connectivity index (χ3n) is 2.67. The minimum Gasteiger partial charge on any atom is -0.465 e. The molecule has 3 nitrogen and oxygen atoms in total. The van der Waals surface area contributed by atoms with Crippen molar-refractivity contribution in [2.45, 2.75) is 32.1 Å². The number of carbonyl (C=O) groups is 1. The lowest BCUT2D eigenvalue weighted by molar-refractivity contribution is 0.153. The minimum atomic E-state index is -0.812. The normalized spacial score (nSPS) is 18.1. The second-order valence-electron chi connectivity index (χ2n) is 3.64. The molecule has 1 fully saturated rings. The van der Waals surface area contributed by atoms with E-state index in [1.54, 1.807) is 7.05 Å². The van der Waals surface area contributed by atoms with Gasteiger partial charge in [-0.25, -0.2) is 4.79 Å². The fourth-order valence-corrected chi connectivity index (χ4v) is 1.77. The average molecular weight is 171 g/mol. The Hall–Kier alpha value is -0.730. The first-order chi connectivity index (χ1) is 5.70. The van der Waals surface area contributed by atoms with E-state index in [4.69, 9.17) is 5.11 Å². The molecule has 0 aromatic heterocycles. The van der Waals surface area contributed by atoms with Crippen molar-refractivity contribution in [3.8, 4) is 0 Å². The lowest BCUT2D eigenvalue weighted by Crippen LogP contribution is -2.26. The van der Waals surface area contributed by atoms with Gasteiger partial charge in [-0.3, -0.25) is 0 Å². The maximum Gasteiger partial charge on any atom is 0.407 e. The number of amides is 1. The molecule has 0 saturated heterocycles. The van der Waals surface area contributed by atoms with Crippen LogP contribution in [0.25, 0.3) is 0 Å². The molecule has 0 aromatic rings. The van der Waals surface area contributed by atoms with Crippen molar-refractivity contribution in [3.05, 3.63) is 0 Å². The number of nitrogens with zero attached hydrogens (tertiary/aromatic N) is 1. The van der Waals surface area contributed by atoms with Gasteiger partial charge in [0.1, 0.15) is 0 Å². The first-order valence-electron chi connectivity index (χ1n) is 4.64. The van der Waals surface area contributed by atoms with Gasteiger partial charge in [0, 0.05) is 13.6 Å². The molecule has 1 N–H and O–H groups in total. The predicted octanol–water partition coefficient (Wildman–Crippen LogP) is 2.18. The van der Waals surface area contributed by atoms with Crippen molar-refractivity contribution in [2.75, 3.05) is 13.6 Å². The van der Waals surface area contributed by atoms with Crippen molar-refractivity contribution < 1.29 is 9.90 Å². The van der Waals surface area contributed by atoms with Gasteiger partial charge in [-0.1, -0.05) is 25.7 Å². The third-order valence-corrected chi connectivity index (χ3v) is 2.67. The van der Waals surface area contributed by atoms with E-state index in [0.29, 0.717) is 6.54 Å². The second-order valence-corrected chi connectivity index (χ2v) is 3.64. The standard InChI is InChI=1S/C9H17NO2/c1-10(9(11)12)7-6-8-4-2-3-5-8/h8H,2-7H2,1H3,(H,11,12). The molecule has 0 aromatic carbocycles. The Morgan fingerprint density at radius 3 is 2.58 bits per heavy atom. The van der Waals surface area contributed by atoms with Gasteiger partial charge in [0.15, 0.2) is 0 Å². The van der Waals surface area contributed by atoms with Gasteiger partial charge in [0.05, 0.1) is 0 Å². The summed E-state index contributed by atoms with van der Waals surface area (Å²) in [6.45, 7) is 0.694. The van der Waals surface area contributed by atoms with E-state index in [1.165, 1.54) is 30.6 Å². The second kappa shape index (κ2) is 4.33. The number of hydrogen-bond acceptors (Lipinski definition) is 1. The SMILES string of the molecule is CN(CCC1CCCC1)C(=O)O. The average Bonchev–Trinajstić information content (AvgIpc) is 2.51. The zero-order valence-corrected chi connectivity index (χ0v) is 7.62. The topological polar surface area (TPSA) is 40.5 Å². The summed E-state index contributed by atoms with van der Waals surface area (Å²) in [7, 11) is 1.64. The largest absolute Gasteiger partial charge is 0.465 e. The summed E-state index contributed by atoms with van der Waals surface area (Å²) < 4.78 is 0. The maximum atomic E-state index is 10.4. The lowest BCUT2D eigenvalue weighted by atomic mass is 10.0. The van der Waals surface area contributed by atoms with Crippen molar-refractivity contribution in [3.63, 3.8) is 0 Å². The van der Waals surface area contributed by atoms with Crippen LogP contribution in [-0.2, 0) is 0 Å². The van der Waals surface area contributed by atoms with Crippen LogP contribution < -0.4 is 0 Å². The van der Waals surface area contributed by atoms with Crippen LogP contribution in [0.2, 0.25) is 0 Å². The van der Waals surface area contributed by atoms with Crippen LogP contribution in [-0.4, -0.2) is 29.7 Å². The summed E-state index contributed by atoms with van der Waals surface area (Å²) in [5.74, 6) is 0.784. The molecule has 0 aliphatic heterocycles. The van der Waals surface area contributed by atoms with Crippen molar-refractivity contribution in [1.82, 2.24) is 4.90 Å². The highest BCUT2D eigenvalue weighted by molar-refractivity contribution is 5.64. The Morgan fingerprint density at radius 1 is 1.50 bits per heavy atom. The van der Waals surface area contributed by atoms with E-state index >= 15 is 0 Å². The maximum absolute atomic E-state index is 10.4. The molecule has 0 atom stereocenters. The molecule has 0 heterocycles. The molecule has 0 unspecified atom stereocenters. The Kier molecular flexibility index (Phi) is 3.38. The quantitative estimate of drug-likeness (QED) is 0.707. The van der Waals surface area contributed by atoms with E-state index in [9.17, 15) is 4.79 Å². The molecule has 1 amide bonds. The lowest BCUT2D eigenvalue weighted by Gasteiger charge is -2.15. The van der Waals surface area contributed by atoms with Crippen molar-refractivity contribution in [1.29, 1.82) is 0 Å². The van der Waals surface area contributed by atoms with E-state index in [0.717, 1.165) is 12.3 Å². The van der Waals surface area contributed by atoms with Gasteiger partial charge in [-0.05, 0) is 12.3 Å². The fraction of sp³-hybridized carbons (Fsp3) is 0.889. The van der Waals surface area contributed by atoms with Gasteiger partial charge in [-0.2, -0.15) is 0 Å². The number of carboxylic acid groups (broad SMARTS) is 1. The fourth-order valence-electron chi connectivity index (χ4n) is 1.77. The zero-order valence-electron chi connectivity index (χ0n) is 7.62. The highest BCUT2D eigenvalue weighted by Crippen LogP contribution is 2.27. The zero-order chi connectivity index (χ0) is 8.97. The van der Waals surface area contributed by atoms with Crippen LogP contribution >= 0.6 is 0 Å². The smallest absolute Gasteiger partial charge is 0.407 e. The molecular formula is C9H17NO2. The van der Waals surface area contributed by atoms with Crippen LogP contribution in [0, 0.1) is 5.92 Å². The van der Waals surface area contributed by atoms with Crippen LogP contribution in [0.3, 0.4) is 0 Å². The highest BCUT2D eigenvalue weighted by atomic mass is 16.4. The third kappa shape index (κ3) is 2.72. The van der Waals surface area contributed by atoms with Crippen molar-refractivity contribution in [2.24, 2.45) is 5.92 Å². The van der Waals surface area contributed by atoms with E-state index < -0.39 is 6.09 Å². The number of hydrogen-bond donors (Lipinski definition) is 1. The molecule has 0 bridgehead atoms. The van der Waals surface area contributed by atoms with Crippen molar-refractivity contribution >= 4 is 6.09 Å². The first-order valence-corrected chi connectivity index (χ1v) is 4.64. The Balaban J connectivity index is 2.11.